The van der Waals surface area contributed by atoms with E-state index in [0.29, 0.717) is 5.56 Å². The molecule has 0 fully saturated rings. The summed E-state index contributed by atoms with van der Waals surface area (Å²) in [7, 11) is 6.33. The van der Waals surface area contributed by atoms with Gasteiger partial charge in [-0.15, -0.1) is 0 Å². The van der Waals surface area contributed by atoms with Gasteiger partial charge in [0.2, 0.25) is 0 Å². The molecule has 0 nitrogen and oxygen atoms in total. The van der Waals surface area contributed by atoms with Gasteiger partial charge in [0.25, 0.3) is 0 Å². The highest BCUT2D eigenvalue weighted by atomic mass is 19.1. The van der Waals surface area contributed by atoms with Crippen molar-refractivity contribution in [3.8, 4) is 0 Å². The van der Waals surface area contributed by atoms with E-state index in [1.54, 1.807) is 0 Å². The second-order valence-electron chi connectivity index (χ2n) is 5.63. The van der Waals surface area contributed by atoms with Crippen molar-refractivity contribution < 1.29 is 4.39 Å². The molecule has 2 radical (unpaired) electrons. The van der Waals surface area contributed by atoms with Crippen LogP contribution in [0.3, 0.4) is 0 Å². The Hall–Kier alpha value is -0.785. The van der Waals surface area contributed by atoms with Gasteiger partial charge in [-0.3, -0.25) is 0 Å². The number of benzene rings is 1. The van der Waals surface area contributed by atoms with Crippen molar-refractivity contribution >= 4 is 7.85 Å². The number of rotatable bonds is 2. The largest absolute Gasteiger partial charge is 0.206 e. The Labute approximate surface area is 106 Å². The normalized spacial score (nSPS) is 15.1. The molecule has 1 atom stereocenters. The molecule has 0 bridgehead atoms. The molecule has 0 heterocycles. The van der Waals surface area contributed by atoms with Crippen molar-refractivity contribution in [3.63, 3.8) is 0 Å². The maximum Gasteiger partial charge on any atom is 0.129 e. The predicted molar refractivity (Wildman–Crippen MR) is 73.3 cm³/mol. The maximum atomic E-state index is 14.5. The Kier molecular flexibility index (Phi) is 3.76. The molecule has 0 aromatic heterocycles. The summed E-state index contributed by atoms with van der Waals surface area (Å²) in [6.45, 7) is 13.8. The van der Waals surface area contributed by atoms with Crippen LogP contribution in [0.1, 0.15) is 48.6 Å². The molecule has 0 aliphatic carbocycles. The van der Waals surface area contributed by atoms with Crippen molar-refractivity contribution in [3.05, 3.63) is 33.6 Å². The standard InChI is InChI=1S/C15H22BF/c1-8(2)15(7,16)13-11(5)9(3)10(4)12(6)14(13)17/h8H,1-7H3. The Morgan fingerprint density at radius 2 is 1.35 bits per heavy atom. The summed E-state index contributed by atoms with van der Waals surface area (Å²) in [4.78, 5) is 0. The molecule has 1 aromatic rings. The van der Waals surface area contributed by atoms with E-state index in [0.717, 1.165) is 22.3 Å². The predicted octanol–water partition coefficient (Wildman–Crippen LogP) is 4.10. The molecule has 92 valence electrons. The zero-order valence-corrected chi connectivity index (χ0v) is 12.0. The lowest BCUT2D eigenvalue weighted by molar-refractivity contribution is 0.445. The average Bonchev–Trinajstić information content (AvgIpc) is 2.23. The molecule has 0 aliphatic rings. The highest BCUT2D eigenvalue weighted by Gasteiger charge is 2.31. The minimum atomic E-state index is -0.628. The Morgan fingerprint density at radius 1 is 0.941 bits per heavy atom. The summed E-state index contributed by atoms with van der Waals surface area (Å²) in [6, 6.07) is 0. The van der Waals surface area contributed by atoms with E-state index in [1.165, 1.54) is 0 Å². The Balaban J connectivity index is 3.66. The fourth-order valence-corrected chi connectivity index (χ4v) is 2.20. The van der Waals surface area contributed by atoms with E-state index in [4.69, 9.17) is 7.85 Å². The second kappa shape index (κ2) is 4.47. The Morgan fingerprint density at radius 3 is 1.76 bits per heavy atom. The fourth-order valence-electron chi connectivity index (χ4n) is 2.20. The third kappa shape index (κ3) is 2.14. The van der Waals surface area contributed by atoms with E-state index in [9.17, 15) is 4.39 Å². The van der Waals surface area contributed by atoms with Crippen LogP contribution in [0, 0.1) is 39.4 Å². The molecule has 1 unspecified atom stereocenters. The first-order valence-electron chi connectivity index (χ1n) is 6.17. The second-order valence-corrected chi connectivity index (χ2v) is 5.63. The number of hydrogen-bond donors (Lipinski definition) is 0. The lowest BCUT2D eigenvalue weighted by Gasteiger charge is -2.34. The minimum Gasteiger partial charge on any atom is -0.206 e. The molecule has 0 N–H and O–H groups in total. The first-order chi connectivity index (χ1) is 7.62. The summed E-state index contributed by atoms with van der Waals surface area (Å²) in [5.74, 6) is 0.0570. The monoisotopic (exact) mass is 232 g/mol. The van der Waals surface area contributed by atoms with E-state index in [2.05, 4.69) is 0 Å². The van der Waals surface area contributed by atoms with Crippen LogP contribution in [-0.4, -0.2) is 7.85 Å². The zero-order valence-electron chi connectivity index (χ0n) is 12.0. The molecule has 0 amide bonds. The molecule has 0 saturated carbocycles. The van der Waals surface area contributed by atoms with Crippen molar-refractivity contribution in [2.75, 3.05) is 0 Å². The minimum absolute atomic E-state index is 0.135. The molecule has 1 aromatic carbocycles. The van der Waals surface area contributed by atoms with Crippen LogP contribution in [-0.2, 0) is 5.31 Å². The average molecular weight is 232 g/mol. The lowest BCUT2D eigenvalue weighted by atomic mass is 9.57. The molecule has 0 saturated heterocycles. The van der Waals surface area contributed by atoms with Gasteiger partial charge in [-0.25, -0.2) is 4.39 Å². The molecule has 17 heavy (non-hydrogen) atoms. The summed E-state index contributed by atoms with van der Waals surface area (Å²) in [6.07, 6.45) is 0. The van der Waals surface area contributed by atoms with Gasteiger partial charge < -0.3 is 0 Å². The van der Waals surface area contributed by atoms with Crippen molar-refractivity contribution in [1.82, 2.24) is 0 Å². The van der Waals surface area contributed by atoms with Crippen LogP contribution in [0.5, 0.6) is 0 Å². The number of halogens is 1. The van der Waals surface area contributed by atoms with Gasteiger partial charge in [0.15, 0.2) is 0 Å². The molecule has 0 spiro atoms. The van der Waals surface area contributed by atoms with Gasteiger partial charge in [0.05, 0.1) is 7.85 Å². The molecular formula is C15H22BF. The zero-order chi connectivity index (χ0) is 13.5. The van der Waals surface area contributed by atoms with E-state index < -0.39 is 5.31 Å². The van der Waals surface area contributed by atoms with Crippen molar-refractivity contribution in [1.29, 1.82) is 0 Å². The molecule has 2 heteroatoms. The van der Waals surface area contributed by atoms with Crippen LogP contribution in [0.4, 0.5) is 4.39 Å². The molecule has 1 rings (SSSR count). The molecule has 0 aliphatic heterocycles. The first-order valence-corrected chi connectivity index (χ1v) is 6.17. The summed E-state index contributed by atoms with van der Waals surface area (Å²) in [5, 5.41) is -0.628. The van der Waals surface area contributed by atoms with Crippen molar-refractivity contribution in [2.45, 2.75) is 53.8 Å². The third-order valence-electron chi connectivity index (χ3n) is 4.35. The highest BCUT2D eigenvalue weighted by molar-refractivity contribution is 6.16. The maximum absolute atomic E-state index is 14.5. The lowest BCUT2D eigenvalue weighted by Crippen LogP contribution is -2.32. The van der Waals surface area contributed by atoms with Gasteiger partial charge in [0, 0.05) is 0 Å². The van der Waals surface area contributed by atoms with Gasteiger partial charge in [-0.1, -0.05) is 20.8 Å². The summed E-state index contributed by atoms with van der Waals surface area (Å²) >= 11 is 0. The van der Waals surface area contributed by atoms with Crippen molar-refractivity contribution in [2.24, 2.45) is 5.92 Å². The quantitative estimate of drug-likeness (QED) is 0.673. The van der Waals surface area contributed by atoms with Gasteiger partial charge >= 0.3 is 0 Å². The Bertz CT molecular complexity index is 416. The number of hydrogen-bond acceptors (Lipinski definition) is 0. The summed E-state index contributed by atoms with van der Waals surface area (Å²) in [5.41, 5.74) is 4.57. The highest BCUT2D eigenvalue weighted by Crippen LogP contribution is 2.36. The smallest absolute Gasteiger partial charge is 0.129 e. The van der Waals surface area contributed by atoms with Gasteiger partial charge in [0.1, 0.15) is 5.82 Å². The van der Waals surface area contributed by atoms with Gasteiger partial charge in [-0.2, -0.15) is 0 Å². The molecular weight excluding hydrogens is 210 g/mol. The van der Waals surface area contributed by atoms with Crippen LogP contribution in [0.25, 0.3) is 0 Å². The summed E-state index contributed by atoms with van der Waals surface area (Å²) < 4.78 is 14.5. The fraction of sp³-hybridized carbons (Fsp3) is 0.600. The SMILES string of the molecule is [B]C(C)(c1c(C)c(C)c(C)c(C)c1F)C(C)C. The van der Waals surface area contributed by atoms with E-state index in [1.807, 2.05) is 48.5 Å². The third-order valence-corrected chi connectivity index (χ3v) is 4.35. The van der Waals surface area contributed by atoms with Crippen LogP contribution < -0.4 is 0 Å². The first kappa shape index (κ1) is 14.3. The van der Waals surface area contributed by atoms with Gasteiger partial charge in [-0.05, 0) is 66.7 Å². The van der Waals surface area contributed by atoms with Crippen LogP contribution >= 0.6 is 0 Å². The van der Waals surface area contributed by atoms with Crippen LogP contribution in [0.2, 0.25) is 0 Å². The van der Waals surface area contributed by atoms with E-state index >= 15 is 0 Å². The topological polar surface area (TPSA) is 0 Å². The van der Waals surface area contributed by atoms with Crippen LogP contribution in [0.15, 0.2) is 0 Å². The van der Waals surface area contributed by atoms with E-state index in [-0.39, 0.29) is 11.7 Å².